The normalized spacial score (nSPS) is 10.9. The minimum atomic E-state index is -1.47. The van der Waals surface area contributed by atoms with Crippen LogP contribution >= 0.6 is 0 Å². The summed E-state index contributed by atoms with van der Waals surface area (Å²) in [6.45, 7) is 11.4. The van der Waals surface area contributed by atoms with Crippen LogP contribution in [-0.2, 0) is 44.7 Å². The van der Waals surface area contributed by atoms with Crippen LogP contribution in [0.4, 0.5) is 0 Å². The molecular formula is C27H32O4. The van der Waals surface area contributed by atoms with Gasteiger partial charge in [-0.15, -0.1) is 13.2 Å². The van der Waals surface area contributed by atoms with E-state index in [1.54, 1.807) is 13.8 Å². The third-order valence-electron chi connectivity index (χ3n) is 5.09. The van der Waals surface area contributed by atoms with Crippen LogP contribution in [0.15, 0.2) is 73.8 Å². The van der Waals surface area contributed by atoms with Crippen LogP contribution in [0, 0.1) is 5.41 Å². The zero-order chi connectivity index (χ0) is 22.7. The SMILES string of the molecule is C=CCc1cccc(CC(Cc2cccc(CC=C)c2)(C(=O)OCC)C(=O)OCC)c1. The number of benzene rings is 2. The molecule has 0 aliphatic rings. The summed E-state index contributed by atoms with van der Waals surface area (Å²) in [5, 5.41) is 0. The van der Waals surface area contributed by atoms with E-state index in [4.69, 9.17) is 9.47 Å². The Kier molecular flexibility index (Phi) is 9.26. The van der Waals surface area contributed by atoms with E-state index in [1.165, 1.54) is 0 Å². The highest BCUT2D eigenvalue weighted by molar-refractivity contribution is 6.00. The fourth-order valence-electron chi connectivity index (χ4n) is 3.74. The standard InChI is InChI=1S/C27H32O4/c1-5-11-21-13-9-15-23(17-21)19-27(25(28)30-7-3,26(29)31-8-4)20-24-16-10-14-22(18-24)12-6-2/h5-6,9-10,13-18H,1-2,7-8,11-12,19-20H2,3-4H3. The molecule has 0 radical (unpaired) electrons. The lowest BCUT2D eigenvalue weighted by Crippen LogP contribution is -2.46. The summed E-state index contributed by atoms with van der Waals surface area (Å²) in [7, 11) is 0. The van der Waals surface area contributed by atoms with Gasteiger partial charge in [-0.2, -0.15) is 0 Å². The molecule has 2 aromatic carbocycles. The largest absolute Gasteiger partial charge is 0.465 e. The quantitative estimate of drug-likeness (QED) is 0.274. The summed E-state index contributed by atoms with van der Waals surface area (Å²) in [5.41, 5.74) is 2.43. The first-order valence-corrected chi connectivity index (χ1v) is 10.7. The molecule has 0 unspecified atom stereocenters. The Morgan fingerprint density at radius 1 is 0.774 bits per heavy atom. The molecule has 2 aromatic rings. The van der Waals surface area contributed by atoms with E-state index >= 15 is 0 Å². The van der Waals surface area contributed by atoms with Crippen LogP contribution in [0.3, 0.4) is 0 Å². The summed E-state index contributed by atoms with van der Waals surface area (Å²) >= 11 is 0. The molecule has 2 rings (SSSR count). The predicted molar refractivity (Wildman–Crippen MR) is 124 cm³/mol. The average Bonchev–Trinajstić information content (AvgIpc) is 2.74. The van der Waals surface area contributed by atoms with E-state index in [0.717, 1.165) is 22.3 Å². The number of esters is 2. The zero-order valence-corrected chi connectivity index (χ0v) is 18.6. The van der Waals surface area contributed by atoms with Crippen molar-refractivity contribution in [3.05, 3.63) is 96.1 Å². The van der Waals surface area contributed by atoms with Gasteiger partial charge < -0.3 is 9.47 Å². The van der Waals surface area contributed by atoms with E-state index in [2.05, 4.69) is 13.2 Å². The minimum absolute atomic E-state index is 0.187. The van der Waals surface area contributed by atoms with Gasteiger partial charge in [0.1, 0.15) is 0 Å². The summed E-state index contributed by atoms with van der Waals surface area (Å²) in [4.78, 5) is 26.5. The first kappa shape index (κ1) is 24.1. The lowest BCUT2D eigenvalue weighted by Gasteiger charge is -2.30. The number of hydrogen-bond acceptors (Lipinski definition) is 4. The van der Waals surface area contributed by atoms with Gasteiger partial charge in [0, 0.05) is 0 Å². The van der Waals surface area contributed by atoms with Crippen molar-refractivity contribution in [1.82, 2.24) is 0 Å². The van der Waals surface area contributed by atoms with E-state index in [0.29, 0.717) is 12.8 Å². The molecular weight excluding hydrogens is 388 g/mol. The van der Waals surface area contributed by atoms with Gasteiger partial charge in [0.25, 0.3) is 0 Å². The maximum Gasteiger partial charge on any atom is 0.324 e. The number of carbonyl (C=O) groups is 2. The Morgan fingerprint density at radius 2 is 1.16 bits per heavy atom. The Balaban J connectivity index is 2.54. The van der Waals surface area contributed by atoms with Gasteiger partial charge >= 0.3 is 11.9 Å². The van der Waals surface area contributed by atoms with Gasteiger partial charge in [-0.25, -0.2) is 0 Å². The summed E-state index contributed by atoms with van der Waals surface area (Å²) < 4.78 is 10.8. The highest BCUT2D eigenvalue weighted by Gasteiger charge is 2.49. The molecule has 0 aliphatic carbocycles. The molecule has 4 heteroatoms. The predicted octanol–water partition coefficient (Wildman–Crippen LogP) is 5.04. The van der Waals surface area contributed by atoms with E-state index in [-0.39, 0.29) is 26.1 Å². The number of allylic oxidation sites excluding steroid dienone is 2. The van der Waals surface area contributed by atoms with Gasteiger partial charge in [0.15, 0.2) is 5.41 Å². The summed E-state index contributed by atoms with van der Waals surface area (Å²) in [5.74, 6) is -1.12. The van der Waals surface area contributed by atoms with Crippen molar-refractivity contribution in [3.63, 3.8) is 0 Å². The lowest BCUT2D eigenvalue weighted by atomic mass is 9.76. The third kappa shape index (κ3) is 6.42. The molecule has 0 atom stereocenters. The number of rotatable bonds is 12. The van der Waals surface area contributed by atoms with Crippen LogP contribution in [0.25, 0.3) is 0 Å². The molecule has 0 heterocycles. The molecule has 4 nitrogen and oxygen atoms in total. The summed E-state index contributed by atoms with van der Waals surface area (Å²) in [6, 6.07) is 15.7. The number of hydrogen-bond donors (Lipinski definition) is 0. The van der Waals surface area contributed by atoms with Crippen LogP contribution in [-0.4, -0.2) is 25.2 Å². The second kappa shape index (κ2) is 11.9. The summed E-state index contributed by atoms with van der Waals surface area (Å²) in [6.07, 6.45) is 5.47. The highest BCUT2D eigenvalue weighted by atomic mass is 16.6. The van der Waals surface area contributed by atoms with Gasteiger partial charge in [0.2, 0.25) is 0 Å². The van der Waals surface area contributed by atoms with Crippen LogP contribution < -0.4 is 0 Å². The molecule has 0 aliphatic heterocycles. The molecule has 164 valence electrons. The fourth-order valence-corrected chi connectivity index (χ4v) is 3.74. The van der Waals surface area contributed by atoms with Crippen molar-refractivity contribution in [1.29, 1.82) is 0 Å². The highest BCUT2D eigenvalue weighted by Crippen LogP contribution is 2.33. The van der Waals surface area contributed by atoms with Gasteiger partial charge in [-0.1, -0.05) is 60.7 Å². The van der Waals surface area contributed by atoms with Crippen molar-refractivity contribution in [2.75, 3.05) is 13.2 Å². The fraction of sp³-hybridized carbons (Fsp3) is 0.333. The third-order valence-corrected chi connectivity index (χ3v) is 5.09. The molecule has 0 saturated carbocycles. The first-order valence-electron chi connectivity index (χ1n) is 10.7. The first-order chi connectivity index (χ1) is 15.0. The maximum atomic E-state index is 13.3. The second-order valence-electron chi connectivity index (χ2n) is 7.50. The lowest BCUT2D eigenvalue weighted by molar-refractivity contribution is -0.172. The Hall–Kier alpha value is -3.14. The number of carbonyl (C=O) groups excluding carboxylic acids is 2. The minimum Gasteiger partial charge on any atom is -0.465 e. The Morgan fingerprint density at radius 3 is 1.52 bits per heavy atom. The van der Waals surface area contributed by atoms with E-state index in [9.17, 15) is 9.59 Å². The molecule has 31 heavy (non-hydrogen) atoms. The van der Waals surface area contributed by atoms with Crippen molar-refractivity contribution in [3.8, 4) is 0 Å². The molecule has 0 amide bonds. The Bertz CT molecular complexity index is 837. The molecule has 0 aromatic heterocycles. The average molecular weight is 421 g/mol. The van der Waals surface area contributed by atoms with E-state index in [1.807, 2.05) is 60.7 Å². The zero-order valence-electron chi connectivity index (χ0n) is 18.6. The van der Waals surface area contributed by atoms with Gasteiger partial charge in [-0.05, 0) is 61.8 Å². The maximum absolute atomic E-state index is 13.3. The van der Waals surface area contributed by atoms with Crippen LogP contribution in [0.5, 0.6) is 0 Å². The molecule has 0 spiro atoms. The molecule has 0 saturated heterocycles. The number of ether oxygens (including phenoxy) is 2. The molecule has 0 bridgehead atoms. The van der Waals surface area contributed by atoms with E-state index < -0.39 is 17.4 Å². The Labute approximate surface area is 185 Å². The molecule has 0 fully saturated rings. The monoisotopic (exact) mass is 420 g/mol. The molecule has 0 N–H and O–H groups in total. The van der Waals surface area contributed by atoms with Gasteiger partial charge in [-0.3, -0.25) is 9.59 Å². The van der Waals surface area contributed by atoms with Crippen molar-refractivity contribution in [2.24, 2.45) is 5.41 Å². The smallest absolute Gasteiger partial charge is 0.324 e. The van der Waals surface area contributed by atoms with Crippen LogP contribution in [0.1, 0.15) is 36.1 Å². The van der Waals surface area contributed by atoms with Crippen molar-refractivity contribution in [2.45, 2.75) is 39.5 Å². The second-order valence-corrected chi connectivity index (χ2v) is 7.50. The van der Waals surface area contributed by atoms with Crippen molar-refractivity contribution >= 4 is 11.9 Å². The topological polar surface area (TPSA) is 52.6 Å². The van der Waals surface area contributed by atoms with Crippen LogP contribution in [0.2, 0.25) is 0 Å². The van der Waals surface area contributed by atoms with Crippen molar-refractivity contribution < 1.29 is 19.1 Å². The van der Waals surface area contributed by atoms with Gasteiger partial charge in [0.05, 0.1) is 13.2 Å².